The van der Waals surface area contributed by atoms with Gasteiger partial charge in [-0.25, -0.2) is 0 Å². The van der Waals surface area contributed by atoms with E-state index >= 15 is 0 Å². The number of aromatic nitrogens is 4. The predicted octanol–water partition coefficient (Wildman–Crippen LogP) is 3.51. The van der Waals surface area contributed by atoms with Crippen molar-refractivity contribution in [1.29, 1.82) is 0 Å². The highest BCUT2D eigenvalue weighted by molar-refractivity contribution is 6.31. The van der Waals surface area contributed by atoms with Gasteiger partial charge >= 0.3 is 0 Å². The zero-order valence-corrected chi connectivity index (χ0v) is 15.9. The molecule has 1 aromatic carbocycles. The number of tetrazole rings is 1. The molecule has 134 valence electrons. The van der Waals surface area contributed by atoms with Gasteiger partial charge in [-0.2, -0.15) is 4.68 Å². The number of hydrogen-bond donors (Lipinski definition) is 0. The summed E-state index contributed by atoms with van der Waals surface area (Å²) in [7, 11) is 1.85. The number of rotatable bonds is 3. The van der Waals surface area contributed by atoms with Gasteiger partial charge in [0.2, 0.25) is 5.91 Å². The van der Waals surface area contributed by atoms with Crippen molar-refractivity contribution < 1.29 is 4.79 Å². The maximum absolute atomic E-state index is 12.2. The molecule has 0 bridgehead atoms. The summed E-state index contributed by atoms with van der Waals surface area (Å²) in [5.41, 5.74) is 1.33. The van der Waals surface area contributed by atoms with Gasteiger partial charge in [0.1, 0.15) is 5.54 Å². The molecular formula is C18H24ClN5O. The first-order chi connectivity index (χ1) is 11.8. The van der Waals surface area contributed by atoms with Gasteiger partial charge in [0.15, 0.2) is 5.82 Å². The minimum absolute atomic E-state index is 0.0195. The van der Waals surface area contributed by atoms with Crippen molar-refractivity contribution in [1.82, 2.24) is 25.1 Å². The van der Waals surface area contributed by atoms with Crippen LogP contribution in [0.2, 0.25) is 5.02 Å². The summed E-state index contributed by atoms with van der Waals surface area (Å²) >= 11 is 6.29. The topological polar surface area (TPSA) is 63.9 Å². The Morgan fingerprint density at radius 1 is 1.36 bits per heavy atom. The highest BCUT2D eigenvalue weighted by Gasteiger charge is 2.45. The highest BCUT2D eigenvalue weighted by Crippen LogP contribution is 2.43. The summed E-state index contributed by atoms with van der Waals surface area (Å²) < 4.78 is 1.72. The third kappa shape index (κ3) is 3.15. The van der Waals surface area contributed by atoms with E-state index in [4.69, 9.17) is 11.6 Å². The van der Waals surface area contributed by atoms with Crippen LogP contribution in [0.4, 0.5) is 0 Å². The number of halogens is 1. The normalized spacial score (nSPS) is 23.5. The second-order valence-corrected chi connectivity index (χ2v) is 7.55. The monoisotopic (exact) mass is 361 g/mol. The smallest absolute Gasteiger partial charge is 0.220 e. The van der Waals surface area contributed by atoms with Gasteiger partial charge in [0, 0.05) is 19.0 Å². The van der Waals surface area contributed by atoms with Gasteiger partial charge in [-0.3, -0.25) is 4.79 Å². The lowest BCUT2D eigenvalue weighted by Gasteiger charge is -2.44. The Kier molecular flexibility index (Phi) is 4.82. The fourth-order valence-electron chi connectivity index (χ4n) is 3.61. The lowest BCUT2D eigenvalue weighted by atomic mass is 9.75. The molecule has 1 aliphatic carbocycles. The van der Waals surface area contributed by atoms with E-state index in [0.717, 1.165) is 36.9 Å². The SMILES string of the molecule is CC(=O)N(C)C1(c2nnnn2-c2ccc(C)c(Cl)c2)CCC(C)CC1. The largest absolute Gasteiger partial charge is 0.333 e. The van der Waals surface area contributed by atoms with E-state index in [2.05, 4.69) is 22.4 Å². The fraction of sp³-hybridized carbons (Fsp3) is 0.556. The van der Waals surface area contributed by atoms with Gasteiger partial charge < -0.3 is 4.90 Å². The van der Waals surface area contributed by atoms with Crippen LogP contribution in [0.3, 0.4) is 0 Å². The van der Waals surface area contributed by atoms with Crippen molar-refractivity contribution in [3.8, 4) is 5.69 Å². The minimum Gasteiger partial charge on any atom is -0.333 e. The number of nitrogens with zero attached hydrogens (tertiary/aromatic N) is 5. The molecule has 1 aliphatic rings. The molecule has 1 heterocycles. The molecule has 0 aliphatic heterocycles. The Bertz CT molecular complexity index is 780. The summed E-state index contributed by atoms with van der Waals surface area (Å²) in [4.78, 5) is 14.0. The van der Waals surface area contributed by atoms with E-state index in [1.54, 1.807) is 16.5 Å². The minimum atomic E-state index is -0.487. The van der Waals surface area contributed by atoms with E-state index in [1.165, 1.54) is 0 Å². The molecule has 0 spiro atoms. The molecule has 1 aromatic heterocycles. The Morgan fingerprint density at radius 3 is 2.64 bits per heavy atom. The maximum Gasteiger partial charge on any atom is 0.220 e. The quantitative estimate of drug-likeness (QED) is 0.839. The van der Waals surface area contributed by atoms with Crippen LogP contribution in [0.5, 0.6) is 0 Å². The third-order valence-electron chi connectivity index (χ3n) is 5.50. The summed E-state index contributed by atoms with van der Waals surface area (Å²) in [6.45, 7) is 5.80. The van der Waals surface area contributed by atoms with E-state index in [1.807, 2.05) is 32.2 Å². The summed E-state index contributed by atoms with van der Waals surface area (Å²) in [5, 5.41) is 13.1. The third-order valence-corrected chi connectivity index (χ3v) is 5.91. The van der Waals surface area contributed by atoms with Crippen molar-refractivity contribution in [2.75, 3.05) is 7.05 Å². The van der Waals surface area contributed by atoms with Crippen LogP contribution in [-0.2, 0) is 10.3 Å². The molecule has 1 amide bonds. The van der Waals surface area contributed by atoms with Crippen molar-refractivity contribution in [2.24, 2.45) is 5.92 Å². The van der Waals surface area contributed by atoms with Crippen LogP contribution in [-0.4, -0.2) is 38.1 Å². The number of carbonyl (C=O) groups excluding carboxylic acids is 1. The Hall–Kier alpha value is -1.95. The molecule has 0 unspecified atom stereocenters. The van der Waals surface area contributed by atoms with Crippen LogP contribution >= 0.6 is 11.6 Å². The molecule has 1 saturated carbocycles. The molecule has 7 heteroatoms. The van der Waals surface area contributed by atoms with Crippen LogP contribution in [0.25, 0.3) is 5.69 Å². The standard InChI is InChI=1S/C18H24ClN5O/c1-12-7-9-18(10-8-12,23(4)14(3)25)17-20-21-22-24(17)15-6-5-13(2)16(19)11-15/h5-6,11-12H,7-10H2,1-4H3. The van der Waals surface area contributed by atoms with Crippen molar-refractivity contribution in [3.63, 3.8) is 0 Å². The molecule has 0 N–H and O–H groups in total. The van der Waals surface area contributed by atoms with Crippen molar-refractivity contribution >= 4 is 17.5 Å². The second kappa shape index (κ2) is 6.75. The van der Waals surface area contributed by atoms with Gasteiger partial charge in [0.25, 0.3) is 0 Å². The summed E-state index contributed by atoms with van der Waals surface area (Å²) in [5.74, 6) is 1.37. The zero-order valence-electron chi connectivity index (χ0n) is 15.2. The molecular weight excluding hydrogens is 338 g/mol. The maximum atomic E-state index is 12.2. The van der Waals surface area contributed by atoms with Gasteiger partial charge in [-0.1, -0.05) is 24.6 Å². The molecule has 1 fully saturated rings. The summed E-state index contributed by atoms with van der Waals surface area (Å²) in [6.07, 6.45) is 3.78. The Morgan fingerprint density at radius 2 is 2.04 bits per heavy atom. The first kappa shape index (κ1) is 17.9. The first-order valence-corrected chi connectivity index (χ1v) is 9.03. The average molecular weight is 362 g/mol. The number of benzene rings is 1. The van der Waals surface area contributed by atoms with Crippen LogP contribution in [0.1, 0.15) is 50.9 Å². The number of amides is 1. The lowest BCUT2D eigenvalue weighted by molar-refractivity contribution is -0.136. The lowest BCUT2D eigenvalue weighted by Crippen LogP contribution is -2.50. The van der Waals surface area contributed by atoms with E-state index in [0.29, 0.717) is 16.8 Å². The van der Waals surface area contributed by atoms with Crippen LogP contribution in [0.15, 0.2) is 18.2 Å². The first-order valence-electron chi connectivity index (χ1n) is 8.65. The van der Waals surface area contributed by atoms with Gasteiger partial charge in [0.05, 0.1) is 5.69 Å². The van der Waals surface area contributed by atoms with Gasteiger partial charge in [-0.15, -0.1) is 5.10 Å². The number of hydrogen-bond acceptors (Lipinski definition) is 4. The highest BCUT2D eigenvalue weighted by atomic mass is 35.5. The molecule has 0 radical (unpaired) electrons. The summed E-state index contributed by atoms with van der Waals surface area (Å²) in [6, 6.07) is 5.77. The Balaban J connectivity index is 2.10. The molecule has 2 aromatic rings. The molecule has 0 atom stereocenters. The Labute approximate surface area is 153 Å². The molecule has 25 heavy (non-hydrogen) atoms. The van der Waals surface area contributed by atoms with Gasteiger partial charge in [-0.05, 0) is 66.6 Å². The molecule has 3 rings (SSSR count). The van der Waals surface area contributed by atoms with Crippen molar-refractivity contribution in [2.45, 2.75) is 52.0 Å². The molecule has 0 saturated heterocycles. The molecule has 6 nitrogen and oxygen atoms in total. The zero-order chi connectivity index (χ0) is 18.2. The average Bonchev–Trinajstić information content (AvgIpc) is 3.08. The predicted molar refractivity (Wildman–Crippen MR) is 96.7 cm³/mol. The van der Waals surface area contributed by atoms with E-state index in [9.17, 15) is 4.79 Å². The fourth-order valence-corrected chi connectivity index (χ4v) is 3.79. The number of carbonyl (C=O) groups is 1. The number of aryl methyl sites for hydroxylation is 1. The van der Waals surface area contributed by atoms with Crippen LogP contribution in [0, 0.1) is 12.8 Å². The second-order valence-electron chi connectivity index (χ2n) is 7.14. The van der Waals surface area contributed by atoms with Crippen molar-refractivity contribution in [3.05, 3.63) is 34.6 Å². The van der Waals surface area contributed by atoms with E-state index in [-0.39, 0.29) is 5.91 Å². The van der Waals surface area contributed by atoms with Crippen LogP contribution < -0.4 is 0 Å². The van der Waals surface area contributed by atoms with E-state index < -0.39 is 5.54 Å².